The van der Waals surface area contributed by atoms with Crippen LogP contribution >= 0.6 is 11.6 Å². The number of carbonyl (C=O) groups excluding carboxylic acids is 1. The predicted molar refractivity (Wildman–Crippen MR) is 123 cm³/mol. The van der Waals surface area contributed by atoms with Gasteiger partial charge in [-0.25, -0.2) is 12.8 Å². The van der Waals surface area contributed by atoms with Gasteiger partial charge < -0.3 is 10.1 Å². The Morgan fingerprint density at radius 1 is 1.15 bits per heavy atom. The van der Waals surface area contributed by atoms with Gasteiger partial charge in [0.05, 0.1) is 4.90 Å². The summed E-state index contributed by atoms with van der Waals surface area (Å²) in [5, 5.41) is 3.06. The largest absolute Gasteiger partial charge is 0.492 e. The Bertz CT molecular complexity index is 1310. The second-order valence-corrected chi connectivity index (χ2v) is 9.96. The Morgan fingerprint density at radius 3 is 2.73 bits per heavy atom. The molecule has 1 amide bonds. The third kappa shape index (κ3) is 4.88. The number of halogens is 2. The molecular formula is C24H22ClFN2O4S. The minimum absolute atomic E-state index is 0.0354. The van der Waals surface area contributed by atoms with Gasteiger partial charge in [0.15, 0.2) is 0 Å². The molecule has 1 aliphatic rings. The number of rotatable bonds is 5. The van der Waals surface area contributed by atoms with E-state index in [0.717, 1.165) is 0 Å². The van der Waals surface area contributed by atoms with Crippen LogP contribution in [0.2, 0.25) is 5.02 Å². The van der Waals surface area contributed by atoms with Gasteiger partial charge in [-0.2, -0.15) is 4.31 Å². The zero-order valence-corrected chi connectivity index (χ0v) is 19.4. The van der Waals surface area contributed by atoms with E-state index in [0.29, 0.717) is 33.0 Å². The van der Waals surface area contributed by atoms with Crippen LogP contribution in [0.5, 0.6) is 5.75 Å². The van der Waals surface area contributed by atoms with Crippen molar-refractivity contribution in [2.75, 3.05) is 13.2 Å². The van der Waals surface area contributed by atoms with Gasteiger partial charge >= 0.3 is 0 Å². The van der Waals surface area contributed by atoms with Crippen LogP contribution in [0, 0.1) is 12.7 Å². The lowest BCUT2D eigenvalue weighted by atomic mass is 10.1. The van der Waals surface area contributed by atoms with Crippen LogP contribution in [0.15, 0.2) is 65.6 Å². The van der Waals surface area contributed by atoms with E-state index in [9.17, 15) is 17.6 Å². The van der Waals surface area contributed by atoms with Crippen LogP contribution in [0.3, 0.4) is 0 Å². The van der Waals surface area contributed by atoms with Gasteiger partial charge in [-0.05, 0) is 48.9 Å². The first-order valence-electron chi connectivity index (χ1n) is 10.3. The van der Waals surface area contributed by atoms with Crippen molar-refractivity contribution in [3.63, 3.8) is 0 Å². The molecule has 3 aromatic rings. The molecule has 0 spiro atoms. The number of nitrogens with zero attached hydrogens (tertiary/aromatic N) is 1. The minimum atomic E-state index is -3.84. The molecule has 172 valence electrons. The van der Waals surface area contributed by atoms with E-state index < -0.39 is 21.7 Å². The van der Waals surface area contributed by atoms with Crippen molar-refractivity contribution in [3.05, 3.63) is 93.8 Å². The molecule has 0 radical (unpaired) electrons. The van der Waals surface area contributed by atoms with Crippen LogP contribution in [0.1, 0.15) is 27.0 Å². The SMILES string of the molecule is Cc1c(Cl)cccc1S(=O)(=O)N1CCOc2ccc(C(=O)NCc3ccccc3F)cc2C1. The fourth-order valence-electron chi connectivity index (χ4n) is 3.64. The molecule has 1 N–H and O–H groups in total. The van der Waals surface area contributed by atoms with Gasteiger partial charge in [0.1, 0.15) is 18.2 Å². The Kier molecular flexibility index (Phi) is 6.69. The molecule has 9 heteroatoms. The number of ether oxygens (including phenoxy) is 1. The van der Waals surface area contributed by atoms with E-state index in [1.807, 2.05) is 0 Å². The number of benzene rings is 3. The van der Waals surface area contributed by atoms with Gasteiger partial charge in [-0.3, -0.25) is 4.79 Å². The lowest BCUT2D eigenvalue weighted by molar-refractivity contribution is 0.0950. The quantitative estimate of drug-likeness (QED) is 0.581. The molecule has 0 bridgehead atoms. The normalized spacial score (nSPS) is 14.2. The molecule has 0 aliphatic carbocycles. The summed E-state index contributed by atoms with van der Waals surface area (Å²) in [7, 11) is -3.84. The molecular weight excluding hydrogens is 467 g/mol. The first-order chi connectivity index (χ1) is 15.8. The number of carbonyl (C=O) groups is 1. The second kappa shape index (κ2) is 9.51. The van der Waals surface area contributed by atoms with E-state index in [4.69, 9.17) is 16.3 Å². The molecule has 0 fully saturated rings. The highest BCUT2D eigenvalue weighted by molar-refractivity contribution is 7.89. The fraction of sp³-hybridized carbons (Fsp3) is 0.208. The highest BCUT2D eigenvalue weighted by Crippen LogP contribution is 2.30. The summed E-state index contributed by atoms with van der Waals surface area (Å²) in [6, 6.07) is 15.8. The molecule has 0 saturated carbocycles. The summed E-state index contributed by atoms with van der Waals surface area (Å²) in [5.74, 6) is -0.281. The monoisotopic (exact) mass is 488 g/mol. The lowest BCUT2D eigenvalue weighted by Crippen LogP contribution is -2.33. The number of fused-ring (bicyclic) bond motifs is 1. The van der Waals surface area contributed by atoms with Gasteiger partial charge in [0, 0.05) is 41.3 Å². The maximum Gasteiger partial charge on any atom is 0.251 e. The van der Waals surface area contributed by atoms with E-state index in [1.54, 1.807) is 55.5 Å². The number of hydrogen-bond acceptors (Lipinski definition) is 4. The Balaban J connectivity index is 1.57. The molecule has 0 atom stereocenters. The molecule has 0 saturated heterocycles. The van der Waals surface area contributed by atoms with Crippen molar-refractivity contribution >= 4 is 27.5 Å². The smallest absolute Gasteiger partial charge is 0.251 e. The second-order valence-electron chi connectivity index (χ2n) is 7.65. The lowest BCUT2D eigenvalue weighted by Gasteiger charge is -2.21. The number of amides is 1. The molecule has 0 aromatic heterocycles. The Morgan fingerprint density at radius 2 is 1.94 bits per heavy atom. The first kappa shape index (κ1) is 23.2. The van der Waals surface area contributed by atoms with Crippen molar-refractivity contribution in [2.24, 2.45) is 0 Å². The molecule has 1 aliphatic heterocycles. The maximum absolute atomic E-state index is 13.8. The summed E-state index contributed by atoms with van der Waals surface area (Å²) in [4.78, 5) is 12.8. The Labute approximate surface area is 197 Å². The van der Waals surface area contributed by atoms with Crippen molar-refractivity contribution < 1.29 is 22.3 Å². The van der Waals surface area contributed by atoms with E-state index in [2.05, 4.69) is 5.32 Å². The van der Waals surface area contributed by atoms with Crippen LogP contribution < -0.4 is 10.1 Å². The van der Waals surface area contributed by atoms with Gasteiger partial charge in [0.2, 0.25) is 10.0 Å². The summed E-state index contributed by atoms with van der Waals surface area (Å²) in [6.07, 6.45) is 0. The highest BCUT2D eigenvalue weighted by atomic mass is 35.5. The van der Waals surface area contributed by atoms with Crippen molar-refractivity contribution in [2.45, 2.75) is 24.9 Å². The molecule has 4 rings (SSSR count). The zero-order valence-electron chi connectivity index (χ0n) is 17.8. The molecule has 6 nitrogen and oxygen atoms in total. The standard InChI is InChI=1S/C24H22ClFN2O4S/c1-16-20(25)6-4-8-23(16)33(30,31)28-11-12-32-22-10-9-17(13-19(22)15-28)24(29)27-14-18-5-2-3-7-21(18)26/h2-10,13H,11-12,14-15H2,1H3,(H,27,29). The predicted octanol–water partition coefficient (Wildman–Crippen LogP) is 4.30. The molecule has 1 heterocycles. The number of hydrogen-bond donors (Lipinski definition) is 1. The zero-order chi connectivity index (χ0) is 23.6. The van der Waals surface area contributed by atoms with Crippen LogP contribution in [-0.4, -0.2) is 31.8 Å². The van der Waals surface area contributed by atoms with Crippen LogP contribution in [-0.2, 0) is 23.1 Å². The summed E-state index contributed by atoms with van der Waals surface area (Å²) in [5.41, 5.74) is 1.74. The van der Waals surface area contributed by atoms with Gasteiger partial charge in [-0.15, -0.1) is 0 Å². The first-order valence-corrected chi connectivity index (χ1v) is 12.1. The van der Waals surface area contributed by atoms with Crippen molar-refractivity contribution in [1.29, 1.82) is 0 Å². The van der Waals surface area contributed by atoms with Gasteiger partial charge in [0.25, 0.3) is 5.91 Å². The molecule has 3 aromatic carbocycles. The van der Waals surface area contributed by atoms with Crippen molar-refractivity contribution in [1.82, 2.24) is 9.62 Å². The summed E-state index contributed by atoms with van der Waals surface area (Å²) in [6.45, 7) is 2.06. The van der Waals surface area contributed by atoms with E-state index in [1.165, 1.54) is 16.4 Å². The minimum Gasteiger partial charge on any atom is -0.492 e. The molecule has 0 unspecified atom stereocenters. The van der Waals surface area contributed by atoms with Crippen LogP contribution in [0.25, 0.3) is 0 Å². The Hall–Kier alpha value is -2.94. The van der Waals surface area contributed by atoms with E-state index in [-0.39, 0.29) is 31.1 Å². The average Bonchev–Trinajstić information content (AvgIpc) is 3.02. The highest BCUT2D eigenvalue weighted by Gasteiger charge is 2.29. The van der Waals surface area contributed by atoms with Crippen molar-refractivity contribution in [3.8, 4) is 5.75 Å². The van der Waals surface area contributed by atoms with E-state index >= 15 is 0 Å². The fourth-order valence-corrected chi connectivity index (χ4v) is 5.52. The summed E-state index contributed by atoms with van der Waals surface area (Å²) < 4.78 is 47.5. The van der Waals surface area contributed by atoms with Crippen LogP contribution in [0.4, 0.5) is 4.39 Å². The number of sulfonamides is 1. The average molecular weight is 489 g/mol. The third-order valence-corrected chi connectivity index (χ3v) is 7.90. The summed E-state index contributed by atoms with van der Waals surface area (Å²) >= 11 is 6.14. The maximum atomic E-state index is 13.8. The third-order valence-electron chi connectivity index (χ3n) is 5.50. The number of nitrogens with one attached hydrogen (secondary N) is 1. The topological polar surface area (TPSA) is 75.7 Å². The van der Waals surface area contributed by atoms with Gasteiger partial charge in [-0.1, -0.05) is 35.9 Å². The molecule has 33 heavy (non-hydrogen) atoms.